The van der Waals surface area contributed by atoms with Gasteiger partial charge in [0.2, 0.25) is 5.89 Å². The number of aromatic nitrogens is 2. The Kier molecular flexibility index (Phi) is 5.49. The maximum absolute atomic E-state index is 6.20. The highest BCUT2D eigenvalue weighted by Gasteiger charge is 2.39. The highest BCUT2D eigenvalue weighted by atomic mass is 35.5. The van der Waals surface area contributed by atoms with Gasteiger partial charge in [0, 0.05) is 0 Å². The molecule has 2 N–H and O–H groups in total. The van der Waals surface area contributed by atoms with Gasteiger partial charge in [-0.15, -0.1) is 24.2 Å². The van der Waals surface area contributed by atoms with Crippen molar-refractivity contribution in [2.45, 2.75) is 50.8 Å². The Morgan fingerprint density at radius 1 is 1.44 bits per heavy atom. The van der Waals surface area contributed by atoms with Gasteiger partial charge >= 0.3 is 0 Å². The van der Waals surface area contributed by atoms with Crippen molar-refractivity contribution >= 4 is 24.2 Å². The first kappa shape index (κ1) is 15.8. The van der Waals surface area contributed by atoms with E-state index in [0.29, 0.717) is 11.7 Å². The van der Waals surface area contributed by atoms with Gasteiger partial charge in [-0.25, -0.2) is 0 Å². The van der Waals surface area contributed by atoms with E-state index >= 15 is 0 Å². The largest absolute Gasteiger partial charge is 0.338 e. The van der Waals surface area contributed by atoms with Crippen LogP contribution in [-0.4, -0.2) is 15.9 Å². The number of halogens is 1. The van der Waals surface area contributed by atoms with Crippen LogP contribution in [0.4, 0.5) is 0 Å². The van der Waals surface area contributed by atoms with E-state index in [1.807, 2.05) is 11.8 Å². The van der Waals surface area contributed by atoms with Crippen LogP contribution in [0.15, 0.2) is 4.52 Å². The molecule has 0 saturated heterocycles. The van der Waals surface area contributed by atoms with Crippen LogP contribution in [0, 0.1) is 5.92 Å². The third-order valence-corrected chi connectivity index (χ3v) is 4.77. The zero-order valence-corrected chi connectivity index (χ0v) is 12.8. The predicted octanol–water partition coefficient (Wildman–Crippen LogP) is 3.28. The van der Waals surface area contributed by atoms with Gasteiger partial charge in [-0.2, -0.15) is 4.98 Å². The van der Waals surface area contributed by atoms with Crippen molar-refractivity contribution in [1.82, 2.24) is 10.1 Å². The number of hydrogen-bond donors (Lipinski definition) is 1. The number of rotatable bonds is 5. The lowest BCUT2D eigenvalue weighted by Crippen LogP contribution is -2.44. The SMILES string of the molecule is CCSC(c1nc(C2(N)CCC2)no1)C(C)C.Cl. The molecule has 1 aliphatic rings. The van der Waals surface area contributed by atoms with Gasteiger partial charge in [0.1, 0.15) is 0 Å². The van der Waals surface area contributed by atoms with Crippen molar-refractivity contribution in [3.63, 3.8) is 0 Å². The zero-order valence-electron chi connectivity index (χ0n) is 11.2. The van der Waals surface area contributed by atoms with E-state index in [4.69, 9.17) is 10.3 Å². The smallest absolute Gasteiger partial charge is 0.240 e. The molecular formula is C12H22ClN3OS. The van der Waals surface area contributed by atoms with E-state index < -0.39 is 0 Å². The minimum Gasteiger partial charge on any atom is -0.338 e. The van der Waals surface area contributed by atoms with E-state index in [1.165, 1.54) is 0 Å². The zero-order chi connectivity index (χ0) is 12.5. The highest BCUT2D eigenvalue weighted by molar-refractivity contribution is 7.99. The lowest BCUT2D eigenvalue weighted by atomic mass is 9.77. The van der Waals surface area contributed by atoms with Crippen LogP contribution in [0.2, 0.25) is 0 Å². The summed E-state index contributed by atoms with van der Waals surface area (Å²) >= 11 is 1.85. The summed E-state index contributed by atoms with van der Waals surface area (Å²) in [6.45, 7) is 6.51. The molecule has 1 atom stereocenters. The van der Waals surface area contributed by atoms with Crippen molar-refractivity contribution in [2.24, 2.45) is 11.7 Å². The van der Waals surface area contributed by atoms with Crippen LogP contribution in [-0.2, 0) is 5.54 Å². The molecule has 1 aromatic heterocycles. The predicted molar refractivity (Wildman–Crippen MR) is 77.0 cm³/mol. The van der Waals surface area contributed by atoms with E-state index in [9.17, 15) is 0 Å². The summed E-state index contributed by atoms with van der Waals surface area (Å²) in [6.07, 6.45) is 3.11. The molecule has 1 aromatic rings. The van der Waals surface area contributed by atoms with E-state index in [0.717, 1.165) is 30.9 Å². The second-order valence-electron chi connectivity index (χ2n) is 5.09. The number of nitrogens with zero attached hydrogens (tertiary/aromatic N) is 2. The quantitative estimate of drug-likeness (QED) is 0.902. The van der Waals surface area contributed by atoms with Crippen LogP contribution in [0.5, 0.6) is 0 Å². The minimum absolute atomic E-state index is 0. The van der Waals surface area contributed by atoms with E-state index in [1.54, 1.807) is 0 Å². The molecular weight excluding hydrogens is 270 g/mol. The van der Waals surface area contributed by atoms with Gasteiger partial charge in [-0.1, -0.05) is 25.9 Å². The maximum atomic E-state index is 6.20. The molecule has 18 heavy (non-hydrogen) atoms. The Labute approximate surface area is 119 Å². The lowest BCUT2D eigenvalue weighted by Gasteiger charge is -2.34. The molecule has 0 amide bonds. The van der Waals surface area contributed by atoms with Gasteiger partial charge < -0.3 is 10.3 Å². The molecule has 1 unspecified atom stereocenters. The van der Waals surface area contributed by atoms with Crippen molar-refractivity contribution in [1.29, 1.82) is 0 Å². The Morgan fingerprint density at radius 3 is 2.56 bits per heavy atom. The number of hydrogen-bond acceptors (Lipinski definition) is 5. The van der Waals surface area contributed by atoms with Crippen molar-refractivity contribution in [3.05, 3.63) is 11.7 Å². The molecule has 0 spiro atoms. The fourth-order valence-electron chi connectivity index (χ4n) is 2.06. The van der Waals surface area contributed by atoms with Gasteiger partial charge in [0.15, 0.2) is 5.82 Å². The molecule has 1 heterocycles. The third kappa shape index (κ3) is 3.00. The maximum Gasteiger partial charge on any atom is 0.240 e. The average molecular weight is 292 g/mol. The first-order valence-electron chi connectivity index (χ1n) is 6.31. The average Bonchev–Trinajstić information content (AvgIpc) is 2.71. The van der Waals surface area contributed by atoms with Crippen LogP contribution in [0.25, 0.3) is 0 Å². The molecule has 0 aliphatic heterocycles. The van der Waals surface area contributed by atoms with Crippen LogP contribution in [0.1, 0.15) is 57.0 Å². The molecule has 104 valence electrons. The fourth-order valence-corrected chi connectivity index (χ4v) is 3.05. The fraction of sp³-hybridized carbons (Fsp3) is 0.833. The molecule has 2 rings (SSSR count). The lowest BCUT2D eigenvalue weighted by molar-refractivity contribution is 0.228. The molecule has 1 saturated carbocycles. The monoisotopic (exact) mass is 291 g/mol. The summed E-state index contributed by atoms with van der Waals surface area (Å²) in [5, 5.41) is 4.35. The Hall–Kier alpha value is -0.260. The third-order valence-electron chi connectivity index (χ3n) is 3.33. The summed E-state index contributed by atoms with van der Waals surface area (Å²) in [5.74, 6) is 2.97. The van der Waals surface area contributed by atoms with E-state index in [-0.39, 0.29) is 23.2 Å². The standard InChI is InChI=1S/C12H21N3OS.ClH/c1-4-17-9(8(2)3)10-14-11(15-16-10)12(13)6-5-7-12;/h8-9H,4-7,13H2,1-3H3;1H. The topological polar surface area (TPSA) is 64.9 Å². The summed E-state index contributed by atoms with van der Waals surface area (Å²) < 4.78 is 5.40. The Morgan fingerprint density at radius 2 is 2.11 bits per heavy atom. The van der Waals surface area contributed by atoms with Crippen molar-refractivity contribution < 1.29 is 4.52 Å². The van der Waals surface area contributed by atoms with Gasteiger partial charge in [0.05, 0.1) is 10.8 Å². The second kappa shape index (κ2) is 6.26. The van der Waals surface area contributed by atoms with Crippen molar-refractivity contribution in [2.75, 3.05) is 5.75 Å². The van der Waals surface area contributed by atoms with Crippen LogP contribution >= 0.6 is 24.2 Å². The second-order valence-corrected chi connectivity index (χ2v) is 6.50. The van der Waals surface area contributed by atoms with E-state index in [2.05, 4.69) is 30.9 Å². The molecule has 0 aromatic carbocycles. The Balaban J connectivity index is 0.00000162. The van der Waals surface area contributed by atoms with Gasteiger partial charge in [-0.3, -0.25) is 0 Å². The van der Waals surface area contributed by atoms with Gasteiger partial charge in [-0.05, 0) is 30.9 Å². The molecule has 1 fully saturated rings. The summed E-state index contributed by atoms with van der Waals surface area (Å²) in [7, 11) is 0. The first-order chi connectivity index (χ1) is 8.07. The number of nitrogens with two attached hydrogens (primary N) is 1. The molecule has 4 nitrogen and oxygen atoms in total. The number of thioether (sulfide) groups is 1. The molecule has 6 heteroatoms. The van der Waals surface area contributed by atoms with Gasteiger partial charge in [0.25, 0.3) is 0 Å². The molecule has 0 radical (unpaired) electrons. The Bertz CT molecular complexity index is 379. The summed E-state index contributed by atoms with van der Waals surface area (Å²) in [4.78, 5) is 4.52. The first-order valence-corrected chi connectivity index (χ1v) is 7.36. The highest BCUT2D eigenvalue weighted by Crippen LogP contribution is 2.39. The summed E-state index contributed by atoms with van der Waals surface area (Å²) in [6, 6.07) is 0. The minimum atomic E-state index is -0.319. The molecule has 1 aliphatic carbocycles. The van der Waals surface area contributed by atoms with Crippen LogP contribution in [0.3, 0.4) is 0 Å². The molecule has 0 bridgehead atoms. The summed E-state index contributed by atoms with van der Waals surface area (Å²) in [5.41, 5.74) is 5.88. The van der Waals surface area contributed by atoms with Crippen molar-refractivity contribution in [3.8, 4) is 0 Å². The normalized spacial score (nSPS) is 19.2. The van der Waals surface area contributed by atoms with Crippen LogP contribution < -0.4 is 5.73 Å².